The summed E-state index contributed by atoms with van der Waals surface area (Å²) in [5.74, 6) is 0. The van der Waals surface area contributed by atoms with Crippen LogP contribution in [0.5, 0.6) is 0 Å². The number of ether oxygens (including phenoxy) is 1. The quantitative estimate of drug-likeness (QED) is 0.920. The van der Waals surface area contributed by atoms with Gasteiger partial charge in [0.15, 0.2) is 6.10 Å². The van der Waals surface area contributed by atoms with Crippen molar-refractivity contribution in [2.45, 2.75) is 19.1 Å². The molecule has 2 N–H and O–H groups in total. The van der Waals surface area contributed by atoms with Gasteiger partial charge in [0, 0.05) is 17.6 Å². The Morgan fingerprint density at radius 2 is 2.19 bits per heavy atom. The van der Waals surface area contributed by atoms with Crippen LogP contribution < -0.4 is 5.73 Å². The van der Waals surface area contributed by atoms with Gasteiger partial charge in [0.1, 0.15) is 5.69 Å². The molecular formula is C13H12ClF2N3O2. The first-order valence-corrected chi connectivity index (χ1v) is 6.37. The van der Waals surface area contributed by atoms with Crippen molar-refractivity contribution < 1.29 is 18.3 Å². The van der Waals surface area contributed by atoms with E-state index >= 15 is 0 Å². The summed E-state index contributed by atoms with van der Waals surface area (Å²) in [5.41, 5.74) is 5.96. The molecule has 1 aromatic carbocycles. The van der Waals surface area contributed by atoms with E-state index in [0.29, 0.717) is 9.70 Å². The fourth-order valence-electron chi connectivity index (χ4n) is 1.86. The smallest absolute Gasteiger partial charge is 0.405 e. The molecule has 1 aromatic heterocycles. The number of nitrogens with zero attached hydrogens (tertiary/aromatic N) is 2. The van der Waals surface area contributed by atoms with Gasteiger partial charge in [-0.3, -0.25) is 0 Å². The van der Waals surface area contributed by atoms with Crippen LogP contribution in [-0.4, -0.2) is 15.9 Å². The summed E-state index contributed by atoms with van der Waals surface area (Å²) in [6, 6.07) is 8.23. The number of amides is 1. The first-order valence-electron chi connectivity index (χ1n) is 5.99. The molecule has 0 bridgehead atoms. The number of hydrogen-bond acceptors (Lipinski definition) is 3. The standard InChI is InChI=1S/C13H12ClF2N3O2/c14-9-3-1-2-8(6-9)7-11(21-13(17)20)10-4-5-19(18-10)12(15)16/h1-6,11-12H,7H2,(H2,17,20)/t11-/m0/s1. The molecule has 1 heterocycles. The predicted octanol–water partition coefficient (Wildman–Crippen LogP) is 3.31. The molecule has 2 aromatic rings. The SMILES string of the molecule is NC(=O)O[C@@H](Cc1cccc(Cl)c1)c1ccn(C(F)F)n1. The van der Waals surface area contributed by atoms with Crippen LogP contribution >= 0.6 is 11.6 Å². The fraction of sp³-hybridized carbons (Fsp3) is 0.231. The molecule has 0 radical (unpaired) electrons. The number of rotatable bonds is 5. The summed E-state index contributed by atoms with van der Waals surface area (Å²) in [6.07, 6.45) is -0.534. The Labute approximate surface area is 124 Å². The second kappa shape index (κ2) is 6.53. The number of carbonyl (C=O) groups is 1. The van der Waals surface area contributed by atoms with Gasteiger partial charge in [-0.1, -0.05) is 23.7 Å². The number of aromatic nitrogens is 2. The Balaban J connectivity index is 2.23. The Morgan fingerprint density at radius 3 is 2.76 bits per heavy atom. The molecule has 0 unspecified atom stereocenters. The minimum absolute atomic E-state index is 0.189. The van der Waals surface area contributed by atoms with E-state index in [0.717, 1.165) is 11.8 Å². The molecule has 5 nitrogen and oxygen atoms in total. The number of benzene rings is 1. The molecule has 112 valence electrons. The van der Waals surface area contributed by atoms with E-state index in [2.05, 4.69) is 5.10 Å². The summed E-state index contributed by atoms with van der Waals surface area (Å²) in [6.45, 7) is -2.76. The Morgan fingerprint density at radius 1 is 1.43 bits per heavy atom. The zero-order chi connectivity index (χ0) is 15.4. The number of hydrogen-bond donors (Lipinski definition) is 1. The van der Waals surface area contributed by atoms with Crippen molar-refractivity contribution in [2.75, 3.05) is 0 Å². The van der Waals surface area contributed by atoms with E-state index in [9.17, 15) is 13.6 Å². The lowest BCUT2D eigenvalue weighted by atomic mass is 10.1. The van der Waals surface area contributed by atoms with Gasteiger partial charge >= 0.3 is 12.6 Å². The van der Waals surface area contributed by atoms with Gasteiger partial charge in [-0.15, -0.1) is 0 Å². The highest BCUT2D eigenvalue weighted by Crippen LogP contribution is 2.23. The third-order valence-electron chi connectivity index (χ3n) is 2.73. The van der Waals surface area contributed by atoms with Crippen LogP contribution in [0.2, 0.25) is 5.02 Å². The van der Waals surface area contributed by atoms with Crippen LogP contribution in [0, 0.1) is 0 Å². The molecule has 0 aliphatic heterocycles. The van der Waals surface area contributed by atoms with Crippen LogP contribution in [0.15, 0.2) is 36.5 Å². The molecule has 0 fully saturated rings. The maximum atomic E-state index is 12.5. The monoisotopic (exact) mass is 315 g/mol. The summed E-state index contributed by atoms with van der Waals surface area (Å²) in [5, 5.41) is 4.20. The van der Waals surface area contributed by atoms with E-state index in [1.165, 1.54) is 6.07 Å². The van der Waals surface area contributed by atoms with Gasteiger partial charge in [-0.05, 0) is 23.8 Å². The second-order valence-electron chi connectivity index (χ2n) is 4.26. The van der Waals surface area contributed by atoms with Crippen LogP contribution in [0.3, 0.4) is 0 Å². The maximum absolute atomic E-state index is 12.5. The largest absolute Gasteiger partial charge is 0.439 e. The van der Waals surface area contributed by atoms with Crippen molar-refractivity contribution in [3.8, 4) is 0 Å². The number of alkyl halides is 2. The minimum atomic E-state index is -2.76. The molecule has 1 atom stereocenters. The number of halogens is 3. The van der Waals surface area contributed by atoms with Crippen molar-refractivity contribution >= 4 is 17.7 Å². The summed E-state index contributed by atoms with van der Waals surface area (Å²) < 4.78 is 30.5. The number of nitrogens with two attached hydrogens (primary N) is 1. The highest BCUT2D eigenvalue weighted by Gasteiger charge is 2.20. The summed E-state index contributed by atoms with van der Waals surface area (Å²) in [4.78, 5) is 11.0. The zero-order valence-electron chi connectivity index (χ0n) is 10.7. The lowest BCUT2D eigenvalue weighted by Gasteiger charge is -2.14. The van der Waals surface area contributed by atoms with Gasteiger partial charge in [0.2, 0.25) is 0 Å². The molecule has 0 saturated carbocycles. The van der Waals surface area contributed by atoms with Crippen LogP contribution in [-0.2, 0) is 11.2 Å². The highest BCUT2D eigenvalue weighted by atomic mass is 35.5. The van der Waals surface area contributed by atoms with Gasteiger partial charge < -0.3 is 10.5 Å². The third-order valence-corrected chi connectivity index (χ3v) is 2.96. The van der Waals surface area contributed by atoms with E-state index in [1.54, 1.807) is 24.3 Å². The van der Waals surface area contributed by atoms with Crippen LogP contribution in [0.4, 0.5) is 13.6 Å². The maximum Gasteiger partial charge on any atom is 0.405 e. The molecule has 0 spiro atoms. The molecule has 1 amide bonds. The molecule has 8 heteroatoms. The molecule has 21 heavy (non-hydrogen) atoms. The Kier molecular flexibility index (Phi) is 4.74. The van der Waals surface area contributed by atoms with Crippen molar-refractivity contribution in [3.05, 3.63) is 52.8 Å². The summed E-state index contributed by atoms with van der Waals surface area (Å²) >= 11 is 5.87. The Bertz CT molecular complexity index is 633. The van der Waals surface area contributed by atoms with Crippen molar-refractivity contribution in [1.29, 1.82) is 0 Å². The van der Waals surface area contributed by atoms with E-state index in [1.807, 2.05) is 0 Å². The lowest BCUT2D eigenvalue weighted by Crippen LogP contribution is -2.19. The molecule has 0 saturated heterocycles. The van der Waals surface area contributed by atoms with Crippen LogP contribution in [0.1, 0.15) is 23.9 Å². The average Bonchev–Trinajstić information content (AvgIpc) is 2.87. The van der Waals surface area contributed by atoms with Gasteiger partial charge in [-0.2, -0.15) is 13.9 Å². The molecule has 0 aliphatic rings. The molecule has 2 rings (SSSR count). The average molecular weight is 316 g/mol. The Hall–Kier alpha value is -2.15. The number of primary amides is 1. The minimum Gasteiger partial charge on any atom is -0.439 e. The van der Waals surface area contributed by atoms with Crippen molar-refractivity contribution in [1.82, 2.24) is 9.78 Å². The number of carbonyl (C=O) groups excluding carboxylic acids is 1. The van der Waals surface area contributed by atoms with Crippen molar-refractivity contribution in [2.24, 2.45) is 5.73 Å². The van der Waals surface area contributed by atoms with Gasteiger partial charge in [0.25, 0.3) is 0 Å². The van der Waals surface area contributed by atoms with Crippen LogP contribution in [0.25, 0.3) is 0 Å². The fourth-order valence-corrected chi connectivity index (χ4v) is 2.07. The van der Waals surface area contributed by atoms with Gasteiger partial charge in [-0.25, -0.2) is 9.48 Å². The third kappa shape index (κ3) is 4.16. The normalized spacial score (nSPS) is 12.4. The first kappa shape index (κ1) is 15.2. The van der Waals surface area contributed by atoms with E-state index in [4.69, 9.17) is 22.1 Å². The van der Waals surface area contributed by atoms with Crippen molar-refractivity contribution in [3.63, 3.8) is 0 Å². The lowest BCUT2D eigenvalue weighted by molar-refractivity contribution is 0.0538. The zero-order valence-corrected chi connectivity index (χ0v) is 11.5. The predicted molar refractivity (Wildman–Crippen MR) is 72.0 cm³/mol. The summed E-state index contributed by atoms with van der Waals surface area (Å²) in [7, 11) is 0. The second-order valence-corrected chi connectivity index (χ2v) is 4.69. The molecule has 0 aliphatic carbocycles. The topological polar surface area (TPSA) is 70.1 Å². The van der Waals surface area contributed by atoms with E-state index < -0.39 is 18.7 Å². The highest BCUT2D eigenvalue weighted by molar-refractivity contribution is 6.30. The molecular weight excluding hydrogens is 304 g/mol. The van der Waals surface area contributed by atoms with Gasteiger partial charge in [0.05, 0.1) is 0 Å². The van der Waals surface area contributed by atoms with E-state index in [-0.39, 0.29) is 12.1 Å². The first-order chi connectivity index (χ1) is 9.95.